The molecular weight excluding hydrogens is 250 g/mol. The minimum absolute atomic E-state index is 0.318. The molecule has 0 fully saturated rings. The van der Waals surface area contributed by atoms with Crippen LogP contribution in [0.4, 0.5) is 0 Å². The Labute approximate surface area is 109 Å². The monoisotopic (exact) mass is 265 g/mol. The van der Waals surface area contributed by atoms with Gasteiger partial charge in [-0.2, -0.15) is 4.98 Å². The number of rotatable bonds is 5. The summed E-state index contributed by atoms with van der Waals surface area (Å²) in [6, 6.07) is 2.86. The molecule has 0 aliphatic rings. The highest BCUT2D eigenvalue weighted by molar-refractivity contribution is 5.52. The first-order valence-corrected chi connectivity index (χ1v) is 5.80. The second-order valence-electron chi connectivity index (χ2n) is 4.10. The van der Waals surface area contributed by atoms with E-state index in [-0.39, 0.29) is 11.5 Å². The predicted octanol–water partition coefficient (Wildman–Crippen LogP) is 0.827. The summed E-state index contributed by atoms with van der Waals surface area (Å²) < 4.78 is 4.95. The van der Waals surface area contributed by atoms with Gasteiger partial charge in [-0.15, -0.1) is 0 Å². The van der Waals surface area contributed by atoms with Crippen LogP contribution in [-0.4, -0.2) is 32.0 Å². The standard InChI is InChI=1S/C12H15N3O4/c1-7-14-10(19-15-7)4-5-13-6-8-2-3-9(16)12(18)11(8)17/h2-3,13,16-18H,4-6H2,1H3. The first-order valence-electron chi connectivity index (χ1n) is 5.80. The Morgan fingerprint density at radius 1 is 1.21 bits per heavy atom. The molecule has 0 spiro atoms. The molecule has 19 heavy (non-hydrogen) atoms. The molecule has 0 amide bonds. The average molecular weight is 265 g/mol. The van der Waals surface area contributed by atoms with Gasteiger partial charge in [0.05, 0.1) is 0 Å². The number of phenols is 3. The van der Waals surface area contributed by atoms with E-state index in [4.69, 9.17) is 4.52 Å². The van der Waals surface area contributed by atoms with Gasteiger partial charge in [-0.05, 0) is 13.0 Å². The minimum Gasteiger partial charge on any atom is -0.504 e. The van der Waals surface area contributed by atoms with Crippen molar-refractivity contribution in [1.82, 2.24) is 15.5 Å². The Morgan fingerprint density at radius 2 is 2.00 bits per heavy atom. The van der Waals surface area contributed by atoms with E-state index >= 15 is 0 Å². The number of aryl methyl sites for hydroxylation is 1. The van der Waals surface area contributed by atoms with Crippen molar-refractivity contribution >= 4 is 0 Å². The van der Waals surface area contributed by atoms with E-state index < -0.39 is 5.75 Å². The minimum atomic E-state index is -0.508. The number of benzene rings is 1. The van der Waals surface area contributed by atoms with Crippen LogP contribution in [0.15, 0.2) is 16.7 Å². The Kier molecular flexibility index (Phi) is 3.86. The van der Waals surface area contributed by atoms with E-state index in [0.29, 0.717) is 36.8 Å². The summed E-state index contributed by atoms with van der Waals surface area (Å²) in [6.45, 7) is 2.69. The molecule has 1 aromatic heterocycles. The van der Waals surface area contributed by atoms with E-state index in [9.17, 15) is 15.3 Å². The fourth-order valence-electron chi connectivity index (χ4n) is 1.61. The van der Waals surface area contributed by atoms with Crippen LogP contribution in [0.5, 0.6) is 17.2 Å². The lowest BCUT2D eigenvalue weighted by Crippen LogP contribution is -2.16. The third-order valence-corrected chi connectivity index (χ3v) is 2.61. The van der Waals surface area contributed by atoms with Crippen molar-refractivity contribution in [2.45, 2.75) is 19.9 Å². The molecule has 7 heteroatoms. The number of nitrogens with zero attached hydrogens (tertiary/aromatic N) is 2. The van der Waals surface area contributed by atoms with Crippen molar-refractivity contribution in [2.24, 2.45) is 0 Å². The normalized spacial score (nSPS) is 10.8. The number of phenolic OH excluding ortho intramolecular Hbond substituents is 3. The first kappa shape index (κ1) is 13.2. The molecule has 4 N–H and O–H groups in total. The van der Waals surface area contributed by atoms with Gasteiger partial charge in [0.1, 0.15) is 0 Å². The van der Waals surface area contributed by atoms with Crippen LogP contribution in [0, 0.1) is 6.92 Å². The molecule has 0 bridgehead atoms. The quantitative estimate of drug-likeness (QED) is 0.468. The maximum Gasteiger partial charge on any atom is 0.227 e. The lowest BCUT2D eigenvalue weighted by molar-refractivity contribution is 0.362. The van der Waals surface area contributed by atoms with Crippen LogP contribution < -0.4 is 5.32 Å². The molecule has 2 aromatic rings. The second-order valence-corrected chi connectivity index (χ2v) is 4.10. The van der Waals surface area contributed by atoms with E-state index in [2.05, 4.69) is 15.5 Å². The zero-order chi connectivity index (χ0) is 13.8. The van der Waals surface area contributed by atoms with Crippen molar-refractivity contribution in [3.8, 4) is 17.2 Å². The third kappa shape index (κ3) is 3.14. The van der Waals surface area contributed by atoms with Crippen molar-refractivity contribution in [3.63, 3.8) is 0 Å². The highest BCUT2D eigenvalue weighted by atomic mass is 16.5. The molecule has 102 valence electrons. The van der Waals surface area contributed by atoms with E-state index in [1.165, 1.54) is 12.1 Å². The third-order valence-electron chi connectivity index (χ3n) is 2.61. The van der Waals surface area contributed by atoms with Crippen molar-refractivity contribution < 1.29 is 19.8 Å². The molecule has 0 aliphatic carbocycles. The van der Waals surface area contributed by atoms with Crippen molar-refractivity contribution in [3.05, 3.63) is 29.4 Å². The molecule has 0 atom stereocenters. The summed E-state index contributed by atoms with van der Waals surface area (Å²) in [5, 5.41) is 34.9. The van der Waals surface area contributed by atoms with Crippen LogP contribution in [0.1, 0.15) is 17.3 Å². The predicted molar refractivity (Wildman–Crippen MR) is 65.9 cm³/mol. The SMILES string of the molecule is Cc1noc(CCNCc2ccc(O)c(O)c2O)n1. The van der Waals surface area contributed by atoms with Crippen LogP contribution >= 0.6 is 0 Å². The van der Waals surface area contributed by atoms with Gasteiger partial charge < -0.3 is 25.2 Å². The lowest BCUT2D eigenvalue weighted by atomic mass is 10.1. The maximum absolute atomic E-state index is 9.61. The largest absolute Gasteiger partial charge is 0.504 e. The molecule has 1 aromatic carbocycles. The van der Waals surface area contributed by atoms with E-state index in [0.717, 1.165) is 0 Å². The van der Waals surface area contributed by atoms with Gasteiger partial charge in [-0.3, -0.25) is 0 Å². The number of hydrogen-bond acceptors (Lipinski definition) is 7. The summed E-state index contributed by atoms with van der Waals surface area (Å²) in [7, 11) is 0. The number of aromatic nitrogens is 2. The van der Waals surface area contributed by atoms with Gasteiger partial charge in [0.15, 0.2) is 17.3 Å². The van der Waals surface area contributed by atoms with Gasteiger partial charge in [-0.25, -0.2) is 0 Å². The summed E-state index contributed by atoms with van der Waals surface area (Å²) >= 11 is 0. The van der Waals surface area contributed by atoms with Crippen molar-refractivity contribution in [2.75, 3.05) is 6.54 Å². The van der Waals surface area contributed by atoms with Gasteiger partial charge in [0, 0.05) is 25.1 Å². The zero-order valence-electron chi connectivity index (χ0n) is 10.4. The van der Waals surface area contributed by atoms with Crippen molar-refractivity contribution in [1.29, 1.82) is 0 Å². The summed E-state index contributed by atoms with van der Waals surface area (Å²) in [5.41, 5.74) is 0.497. The molecular formula is C12H15N3O4. The topological polar surface area (TPSA) is 112 Å². The van der Waals surface area contributed by atoms with Crippen LogP contribution in [0.2, 0.25) is 0 Å². The maximum atomic E-state index is 9.61. The summed E-state index contributed by atoms with van der Waals surface area (Å²) in [6.07, 6.45) is 0.575. The van der Waals surface area contributed by atoms with Gasteiger partial charge in [-0.1, -0.05) is 11.2 Å². The molecule has 0 radical (unpaired) electrons. The summed E-state index contributed by atoms with van der Waals surface area (Å²) in [5.74, 6) is -0.0329. The Morgan fingerprint density at radius 3 is 2.68 bits per heavy atom. The smallest absolute Gasteiger partial charge is 0.227 e. The number of aromatic hydroxyl groups is 3. The Balaban J connectivity index is 1.84. The van der Waals surface area contributed by atoms with Crippen LogP contribution in [0.3, 0.4) is 0 Å². The number of nitrogens with one attached hydrogen (secondary N) is 1. The fourth-order valence-corrected chi connectivity index (χ4v) is 1.61. The Bertz CT molecular complexity index is 568. The van der Waals surface area contributed by atoms with Gasteiger partial charge in [0.2, 0.25) is 11.6 Å². The van der Waals surface area contributed by atoms with Gasteiger partial charge in [0.25, 0.3) is 0 Å². The van der Waals surface area contributed by atoms with Crippen LogP contribution in [-0.2, 0) is 13.0 Å². The molecule has 7 nitrogen and oxygen atoms in total. The molecule has 0 aliphatic heterocycles. The highest BCUT2D eigenvalue weighted by Crippen LogP contribution is 2.36. The number of hydrogen-bond donors (Lipinski definition) is 4. The van der Waals surface area contributed by atoms with Crippen LogP contribution in [0.25, 0.3) is 0 Å². The highest BCUT2D eigenvalue weighted by Gasteiger charge is 2.10. The van der Waals surface area contributed by atoms with E-state index in [1.807, 2.05) is 0 Å². The molecule has 2 rings (SSSR count). The lowest BCUT2D eigenvalue weighted by Gasteiger charge is -2.08. The average Bonchev–Trinajstić information content (AvgIpc) is 2.80. The summed E-state index contributed by atoms with van der Waals surface area (Å²) in [4.78, 5) is 4.06. The van der Waals surface area contributed by atoms with E-state index in [1.54, 1.807) is 6.92 Å². The Hall–Kier alpha value is -2.28. The zero-order valence-corrected chi connectivity index (χ0v) is 10.4. The molecule has 1 heterocycles. The molecule has 0 unspecified atom stereocenters. The first-order chi connectivity index (χ1) is 9.08. The second kappa shape index (κ2) is 5.57. The fraction of sp³-hybridized carbons (Fsp3) is 0.333. The van der Waals surface area contributed by atoms with Gasteiger partial charge >= 0.3 is 0 Å². The molecule has 0 saturated heterocycles. The molecule has 0 saturated carbocycles.